The van der Waals surface area contributed by atoms with Crippen molar-refractivity contribution in [1.29, 1.82) is 5.26 Å². The lowest BCUT2D eigenvalue weighted by atomic mass is 10.1. The molecule has 2 atom stereocenters. The molecule has 1 fully saturated rings. The molecule has 2 unspecified atom stereocenters. The number of aryl methyl sites for hydroxylation is 2. The highest BCUT2D eigenvalue weighted by Crippen LogP contribution is 2.24. The van der Waals surface area contributed by atoms with Gasteiger partial charge in [-0.05, 0) is 57.0 Å². The fourth-order valence-electron chi connectivity index (χ4n) is 2.86. The Bertz CT molecular complexity index is 455. The van der Waals surface area contributed by atoms with Crippen molar-refractivity contribution >= 4 is 5.69 Å². The van der Waals surface area contributed by atoms with Crippen LogP contribution in [-0.4, -0.2) is 25.2 Å². The number of anilines is 1. The summed E-state index contributed by atoms with van der Waals surface area (Å²) in [7, 11) is 0. The van der Waals surface area contributed by atoms with Gasteiger partial charge in [-0.15, -0.1) is 0 Å². The van der Waals surface area contributed by atoms with E-state index in [0.29, 0.717) is 12.5 Å². The average Bonchev–Trinajstić information content (AvgIpc) is 2.51. The van der Waals surface area contributed by atoms with Gasteiger partial charge in [-0.3, -0.25) is 0 Å². The van der Waals surface area contributed by atoms with Gasteiger partial charge in [0.2, 0.25) is 0 Å². The molecule has 19 heavy (non-hydrogen) atoms. The summed E-state index contributed by atoms with van der Waals surface area (Å²) in [5.41, 5.74) is 3.89. The van der Waals surface area contributed by atoms with E-state index in [1.165, 1.54) is 16.8 Å². The van der Waals surface area contributed by atoms with Gasteiger partial charge < -0.3 is 10.2 Å². The second kappa shape index (κ2) is 6.08. The van der Waals surface area contributed by atoms with Gasteiger partial charge in [0.15, 0.2) is 0 Å². The molecule has 1 heterocycles. The zero-order valence-electron chi connectivity index (χ0n) is 12.1. The number of nitriles is 1. The van der Waals surface area contributed by atoms with Crippen LogP contribution in [0.3, 0.4) is 0 Å². The summed E-state index contributed by atoms with van der Waals surface area (Å²) < 4.78 is 0. The Kier molecular flexibility index (Phi) is 4.44. The highest BCUT2D eigenvalue weighted by atomic mass is 15.2. The van der Waals surface area contributed by atoms with Gasteiger partial charge in [0, 0.05) is 24.3 Å². The van der Waals surface area contributed by atoms with E-state index in [9.17, 15) is 0 Å². The van der Waals surface area contributed by atoms with Crippen LogP contribution in [0, 0.1) is 25.2 Å². The van der Waals surface area contributed by atoms with Crippen LogP contribution in [0.2, 0.25) is 0 Å². The van der Waals surface area contributed by atoms with E-state index in [1.807, 2.05) is 0 Å². The first kappa shape index (κ1) is 13.9. The fourth-order valence-corrected chi connectivity index (χ4v) is 2.86. The molecule has 0 aliphatic carbocycles. The molecule has 1 N–H and O–H groups in total. The molecule has 2 rings (SSSR count). The standard InChI is InChI=1S/C16H23N3/c1-12-8-13(2)10-16(9-12)19-11-15(4-6-17)18-7-5-14(19)3/h8-10,14-15,18H,4-5,7,11H2,1-3H3. The lowest BCUT2D eigenvalue weighted by Gasteiger charge is -2.31. The average molecular weight is 257 g/mol. The van der Waals surface area contributed by atoms with Crippen molar-refractivity contribution in [3.63, 3.8) is 0 Å². The third-order valence-corrected chi connectivity index (χ3v) is 3.82. The van der Waals surface area contributed by atoms with Crippen molar-refractivity contribution in [3.05, 3.63) is 29.3 Å². The third kappa shape index (κ3) is 3.48. The van der Waals surface area contributed by atoms with Crippen LogP contribution in [-0.2, 0) is 0 Å². The SMILES string of the molecule is Cc1cc(C)cc(N2CC(CC#N)NCCC2C)c1. The fraction of sp³-hybridized carbons (Fsp3) is 0.562. The Balaban J connectivity index is 2.25. The molecule has 0 radical (unpaired) electrons. The predicted molar refractivity (Wildman–Crippen MR) is 79.4 cm³/mol. The van der Waals surface area contributed by atoms with Crippen molar-refractivity contribution in [1.82, 2.24) is 5.32 Å². The van der Waals surface area contributed by atoms with Crippen LogP contribution in [0.5, 0.6) is 0 Å². The Labute approximate surface area is 116 Å². The molecular formula is C16H23N3. The van der Waals surface area contributed by atoms with Crippen LogP contribution in [0.4, 0.5) is 5.69 Å². The molecule has 1 aromatic carbocycles. The Hall–Kier alpha value is -1.53. The van der Waals surface area contributed by atoms with Gasteiger partial charge in [-0.2, -0.15) is 5.26 Å². The molecule has 0 spiro atoms. The van der Waals surface area contributed by atoms with Crippen LogP contribution in [0.15, 0.2) is 18.2 Å². The topological polar surface area (TPSA) is 39.1 Å². The third-order valence-electron chi connectivity index (χ3n) is 3.82. The predicted octanol–water partition coefficient (Wildman–Crippen LogP) is 2.77. The summed E-state index contributed by atoms with van der Waals surface area (Å²) in [5, 5.41) is 12.4. The van der Waals surface area contributed by atoms with Crippen molar-refractivity contribution in [2.24, 2.45) is 0 Å². The van der Waals surface area contributed by atoms with Crippen LogP contribution in [0.1, 0.15) is 30.9 Å². The minimum atomic E-state index is 0.274. The molecule has 3 nitrogen and oxygen atoms in total. The van der Waals surface area contributed by atoms with E-state index >= 15 is 0 Å². The number of rotatable bonds is 2. The van der Waals surface area contributed by atoms with Gasteiger partial charge in [-0.1, -0.05) is 6.07 Å². The second-order valence-corrected chi connectivity index (χ2v) is 5.65. The minimum absolute atomic E-state index is 0.274. The maximum absolute atomic E-state index is 8.91. The van der Waals surface area contributed by atoms with E-state index in [4.69, 9.17) is 5.26 Å². The summed E-state index contributed by atoms with van der Waals surface area (Å²) in [4.78, 5) is 2.45. The molecule has 102 valence electrons. The van der Waals surface area contributed by atoms with Crippen LogP contribution < -0.4 is 10.2 Å². The van der Waals surface area contributed by atoms with Crippen molar-refractivity contribution in [3.8, 4) is 6.07 Å². The quantitative estimate of drug-likeness (QED) is 0.885. The van der Waals surface area contributed by atoms with Crippen molar-refractivity contribution in [2.45, 2.75) is 45.7 Å². The number of nitrogens with one attached hydrogen (secondary N) is 1. The van der Waals surface area contributed by atoms with Gasteiger partial charge in [0.05, 0.1) is 12.5 Å². The summed E-state index contributed by atoms with van der Waals surface area (Å²) >= 11 is 0. The van der Waals surface area contributed by atoms with E-state index in [-0.39, 0.29) is 6.04 Å². The summed E-state index contributed by atoms with van der Waals surface area (Å²) in [6.45, 7) is 8.47. The normalized spacial score (nSPS) is 23.8. The second-order valence-electron chi connectivity index (χ2n) is 5.65. The summed E-state index contributed by atoms with van der Waals surface area (Å²) in [5.74, 6) is 0. The van der Waals surface area contributed by atoms with Gasteiger partial charge in [0.1, 0.15) is 0 Å². The Morgan fingerprint density at radius 1 is 1.32 bits per heavy atom. The molecule has 0 bridgehead atoms. The highest BCUT2D eigenvalue weighted by Gasteiger charge is 2.23. The first-order valence-corrected chi connectivity index (χ1v) is 7.05. The molecule has 0 amide bonds. The molecule has 0 aromatic heterocycles. The lowest BCUT2D eigenvalue weighted by Crippen LogP contribution is -2.40. The number of nitrogens with zero attached hydrogens (tertiary/aromatic N) is 2. The first-order valence-electron chi connectivity index (χ1n) is 7.05. The van der Waals surface area contributed by atoms with Crippen molar-refractivity contribution in [2.75, 3.05) is 18.0 Å². The highest BCUT2D eigenvalue weighted by molar-refractivity contribution is 5.52. The lowest BCUT2D eigenvalue weighted by molar-refractivity contribution is 0.552. The van der Waals surface area contributed by atoms with Gasteiger partial charge in [0.25, 0.3) is 0 Å². The van der Waals surface area contributed by atoms with E-state index in [1.54, 1.807) is 0 Å². The van der Waals surface area contributed by atoms with E-state index in [0.717, 1.165) is 19.5 Å². The first-order chi connectivity index (χ1) is 9.10. The summed E-state index contributed by atoms with van der Waals surface area (Å²) in [6, 6.07) is 9.77. The zero-order chi connectivity index (χ0) is 13.8. The van der Waals surface area contributed by atoms with Crippen molar-refractivity contribution < 1.29 is 0 Å². The van der Waals surface area contributed by atoms with E-state index in [2.05, 4.69) is 55.3 Å². The maximum Gasteiger partial charge on any atom is 0.0638 e. The smallest absolute Gasteiger partial charge is 0.0638 e. The molecular weight excluding hydrogens is 234 g/mol. The number of benzene rings is 1. The monoisotopic (exact) mass is 257 g/mol. The molecule has 0 saturated carbocycles. The molecule has 1 aliphatic heterocycles. The largest absolute Gasteiger partial charge is 0.367 e. The number of hydrogen-bond donors (Lipinski definition) is 1. The Morgan fingerprint density at radius 3 is 2.63 bits per heavy atom. The molecule has 1 aliphatic rings. The minimum Gasteiger partial charge on any atom is -0.367 e. The molecule has 1 aromatic rings. The van der Waals surface area contributed by atoms with Crippen LogP contribution >= 0.6 is 0 Å². The number of hydrogen-bond acceptors (Lipinski definition) is 3. The van der Waals surface area contributed by atoms with Gasteiger partial charge >= 0.3 is 0 Å². The van der Waals surface area contributed by atoms with Crippen LogP contribution in [0.25, 0.3) is 0 Å². The zero-order valence-corrected chi connectivity index (χ0v) is 12.1. The molecule has 1 saturated heterocycles. The Morgan fingerprint density at radius 2 is 2.00 bits per heavy atom. The maximum atomic E-state index is 8.91. The molecule has 3 heteroatoms. The summed E-state index contributed by atoms with van der Waals surface area (Å²) in [6.07, 6.45) is 1.70. The van der Waals surface area contributed by atoms with Gasteiger partial charge in [-0.25, -0.2) is 0 Å². The van der Waals surface area contributed by atoms with E-state index < -0.39 is 0 Å².